The summed E-state index contributed by atoms with van der Waals surface area (Å²) in [6, 6.07) is 3.06. The number of hydrogen-bond donors (Lipinski definition) is 1. The number of carboxylic acid groups (broad SMARTS) is 1. The van der Waals surface area contributed by atoms with Crippen molar-refractivity contribution in [3.05, 3.63) is 17.7 Å². The number of hydrogen-bond acceptors (Lipinski definition) is 8. The molecule has 0 radical (unpaired) electrons. The molecular formula is C30H49N4O8S+. The highest BCUT2D eigenvalue weighted by Gasteiger charge is 2.48. The molecule has 3 atom stereocenters. The van der Waals surface area contributed by atoms with Crippen molar-refractivity contribution in [2.75, 3.05) is 86.6 Å². The maximum Gasteiger partial charge on any atom is 0.308 e. The van der Waals surface area contributed by atoms with Gasteiger partial charge in [-0.3, -0.25) is 14.5 Å². The van der Waals surface area contributed by atoms with Gasteiger partial charge in [-0.1, -0.05) is 13.3 Å². The molecule has 0 aliphatic carbocycles. The molecule has 3 aliphatic rings. The van der Waals surface area contributed by atoms with Crippen LogP contribution in [-0.2, 0) is 19.6 Å². The third-order valence-corrected chi connectivity index (χ3v) is 10.7. The van der Waals surface area contributed by atoms with E-state index < -0.39 is 33.9 Å². The summed E-state index contributed by atoms with van der Waals surface area (Å²) in [5, 5.41) is 10.6. The minimum atomic E-state index is -3.34. The lowest BCUT2D eigenvalue weighted by Crippen LogP contribution is -2.46. The second-order valence-electron chi connectivity index (χ2n) is 12.9. The molecule has 13 heteroatoms. The van der Waals surface area contributed by atoms with Gasteiger partial charge in [-0.25, -0.2) is 12.7 Å². The third-order valence-electron chi connectivity index (χ3n) is 8.75. The minimum Gasteiger partial charge on any atom is -0.493 e. The number of likely N-dealkylation sites (tertiary alicyclic amines) is 1. The highest BCUT2D eigenvalue weighted by Crippen LogP contribution is 2.47. The molecule has 1 aromatic rings. The Balaban J connectivity index is 1.61. The van der Waals surface area contributed by atoms with E-state index in [9.17, 15) is 23.1 Å². The van der Waals surface area contributed by atoms with Crippen molar-refractivity contribution in [2.45, 2.75) is 51.0 Å². The maximum atomic E-state index is 13.8. The molecule has 242 valence electrons. The summed E-state index contributed by atoms with van der Waals surface area (Å²) in [6.07, 6.45) is 3.61. The van der Waals surface area contributed by atoms with Gasteiger partial charge in [0.25, 0.3) is 0 Å². The van der Waals surface area contributed by atoms with E-state index in [4.69, 9.17) is 14.2 Å². The van der Waals surface area contributed by atoms with Gasteiger partial charge in [0.1, 0.15) is 0 Å². The lowest BCUT2D eigenvalue weighted by atomic mass is 9.84. The first kappa shape index (κ1) is 33.3. The van der Waals surface area contributed by atoms with Crippen molar-refractivity contribution in [3.8, 4) is 17.2 Å². The number of carbonyl (C=O) groups is 2. The van der Waals surface area contributed by atoms with Crippen LogP contribution in [0.25, 0.3) is 0 Å². The zero-order valence-corrected chi connectivity index (χ0v) is 27.1. The van der Waals surface area contributed by atoms with Crippen LogP contribution in [-0.4, -0.2) is 137 Å². The van der Waals surface area contributed by atoms with E-state index in [1.165, 1.54) is 11.4 Å². The van der Waals surface area contributed by atoms with E-state index in [0.29, 0.717) is 56.3 Å². The summed E-state index contributed by atoms with van der Waals surface area (Å²) in [6.45, 7) is 5.45. The highest BCUT2D eigenvalue weighted by atomic mass is 32.2. The van der Waals surface area contributed by atoms with Gasteiger partial charge in [-0.2, -0.15) is 0 Å². The van der Waals surface area contributed by atoms with E-state index >= 15 is 0 Å². The summed E-state index contributed by atoms with van der Waals surface area (Å²) in [4.78, 5) is 30.6. The second kappa shape index (κ2) is 14.0. The number of carboxylic acids is 1. The molecule has 43 heavy (non-hydrogen) atoms. The van der Waals surface area contributed by atoms with Gasteiger partial charge in [0.2, 0.25) is 28.5 Å². The summed E-state index contributed by atoms with van der Waals surface area (Å²) >= 11 is 0. The van der Waals surface area contributed by atoms with Crippen molar-refractivity contribution in [2.24, 2.45) is 5.92 Å². The van der Waals surface area contributed by atoms with Gasteiger partial charge in [0.15, 0.2) is 11.5 Å². The average molecular weight is 626 g/mol. The van der Waals surface area contributed by atoms with Crippen LogP contribution >= 0.6 is 0 Å². The summed E-state index contributed by atoms with van der Waals surface area (Å²) in [5.41, 5.74) is 0.730. The van der Waals surface area contributed by atoms with E-state index in [-0.39, 0.29) is 31.5 Å². The fourth-order valence-corrected chi connectivity index (χ4v) is 8.04. The molecule has 0 aromatic heterocycles. The Labute approximate surface area is 256 Å². The van der Waals surface area contributed by atoms with Gasteiger partial charge < -0.3 is 28.7 Å². The van der Waals surface area contributed by atoms with Crippen molar-refractivity contribution < 1.29 is 41.8 Å². The Morgan fingerprint density at radius 2 is 1.91 bits per heavy atom. The quantitative estimate of drug-likeness (QED) is 0.292. The van der Waals surface area contributed by atoms with Crippen LogP contribution in [0, 0.1) is 5.92 Å². The Morgan fingerprint density at radius 1 is 1.16 bits per heavy atom. The molecule has 2 fully saturated rings. The molecule has 2 saturated heterocycles. The molecule has 12 nitrogen and oxygen atoms in total. The number of methoxy groups -OCH3 is 1. The summed E-state index contributed by atoms with van der Waals surface area (Å²) < 4.78 is 44.1. The zero-order valence-electron chi connectivity index (χ0n) is 26.3. The van der Waals surface area contributed by atoms with Crippen LogP contribution in [0.15, 0.2) is 12.1 Å². The number of sulfonamides is 1. The molecule has 3 aliphatic heterocycles. The summed E-state index contributed by atoms with van der Waals surface area (Å²) in [5.74, 6) is -0.761. The number of quaternary nitrogens is 1. The Morgan fingerprint density at radius 3 is 2.53 bits per heavy atom. The van der Waals surface area contributed by atoms with Gasteiger partial charge >= 0.3 is 5.97 Å². The monoisotopic (exact) mass is 625 g/mol. The fraction of sp³-hybridized carbons (Fsp3) is 0.733. The standard InChI is InChI=1S/C30H48N4O8S/c1-6-7-11-31(12-8-15-34(2,3)4)27(35)20-32-19-23(22-17-25(40-5)29-26(18-22)41-21-42-29)28(30(36)37)24(32)10-14-33-13-9-16-43(33,38)39/h17-18,23-24,28H,6-16,19-21H2,1-5H3/p+1. The van der Waals surface area contributed by atoms with Gasteiger partial charge in [-0.15, -0.1) is 0 Å². The zero-order chi connectivity index (χ0) is 31.4. The first-order chi connectivity index (χ1) is 20.3. The largest absolute Gasteiger partial charge is 0.493 e. The van der Waals surface area contributed by atoms with Gasteiger partial charge in [-0.05, 0) is 37.0 Å². The lowest BCUT2D eigenvalue weighted by Gasteiger charge is -2.31. The van der Waals surface area contributed by atoms with Gasteiger partial charge in [0, 0.05) is 51.1 Å². The first-order valence-electron chi connectivity index (χ1n) is 15.3. The molecule has 3 unspecified atom stereocenters. The van der Waals surface area contributed by atoms with Crippen LogP contribution in [0.5, 0.6) is 17.2 Å². The molecule has 3 heterocycles. The molecule has 1 amide bonds. The molecule has 4 rings (SSSR count). The topological polar surface area (TPSA) is 126 Å². The Kier molecular flexibility index (Phi) is 10.8. The van der Waals surface area contributed by atoms with Crippen molar-refractivity contribution in [3.63, 3.8) is 0 Å². The number of aliphatic carboxylic acids is 1. The second-order valence-corrected chi connectivity index (χ2v) is 15.0. The van der Waals surface area contributed by atoms with Crippen LogP contribution < -0.4 is 14.2 Å². The Hall–Kier alpha value is -2.61. The van der Waals surface area contributed by atoms with Crippen LogP contribution in [0.3, 0.4) is 0 Å². The fourth-order valence-electron chi connectivity index (χ4n) is 6.49. The number of nitrogens with zero attached hydrogens (tertiary/aromatic N) is 4. The number of unbranched alkanes of at least 4 members (excludes halogenated alkanes) is 1. The molecule has 1 N–H and O–H groups in total. The van der Waals surface area contributed by atoms with Crippen LogP contribution in [0.4, 0.5) is 0 Å². The SMILES string of the molecule is CCCCN(CCC[N+](C)(C)C)C(=O)CN1CC(c2cc(OC)c3c(c2)OCO3)C(C(=O)O)C1CCN1CCCS1(=O)=O. The number of rotatable bonds is 15. The number of benzene rings is 1. The predicted molar refractivity (Wildman–Crippen MR) is 162 cm³/mol. The summed E-state index contributed by atoms with van der Waals surface area (Å²) in [7, 11) is 4.57. The first-order valence-corrected chi connectivity index (χ1v) is 17.0. The van der Waals surface area contributed by atoms with Crippen molar-refractivity contribution in [1.29, 1.82) is 0 Å². The molecule has 1 aromatic carbocycles. The number of ether oxygens (including phenoxy) is 3. The van der Waals surface area contributed by atoms with Crippen molar-refractivity contribution >= 4 is 21.9 Å². The molecule has 0 bridgehead atoms. The highest BCUT2D eigenvalue weighted by molar-refractivity contribution is 7.89. The number of fused-ring (bicyclic) bond motifs is 1. The van der Waals surface area contributed by atoms with E-state index in [0.717, 1.165) is 35.9 Å². The number of amides is 1. The normalized spacial score (nSPS) is 23.5. The lowest BCUT2D eigenvalue weighted by molar-refractivity contribution is -0.870. The average Bonchev–Trinajstić information content (AvgIpc) is 3.64. The van der Waals surface area contributed by atoms with Crippen molar-refractivity contribution in [1.82, 2.24) is 14.1 Å². The molecular weight excluding hydrogens is 576 g/mol. The van der Waals surface area contributed by atoms with E-state index in [1.54, 1.807) is 12.1 Å². The van der Waals surface area contributed by atoms with Crippen LogP contribution in [0.2, 0.25) is 0 Å². The maximum absolute atomic E-state index is 13.8. The van der Waals surface area contributed by atoms with E-state index in [2.05, 4.69) is 28.1 Å². The third kappa shape index (κ3) is 8.11. The molecule has 0 spiro atoms. The Bertz CT molecular complexity index is 1250. The molecule has 0 saturated carbocycles. The van der Waals surface area contributed by atoms with Gasteiger partial charge in [0.05, 0.1) is 53.0 Å². The predicted octanol–water partition coefficient (Wildman–Crippen LogP) is 2.04. The minimum absolute atomic E-state index is 0.0262. The number of carbonyl (C=O) groups excluding carboxylic acids is 1. The van der Waals surface area contributed by atoms with Crippen LogP contribution in [0.1, 0.15) is 50.5 Å². The van der Waals surface area contributed by atoms with E-state index in [1.807, 2.05) is 9.80 Å². The smallest absolute Gasteiger partial charge is 0.308 e.